The summed E-state index contributed by atoms with van der Waals surface area (Å²) in [4.78, 5) is 3.40. The van der Waals surface area contributed by atoms with E-state index in [9.17, 15) is 8.42 Å². The van der Waals surface area contributed by atoms with E-state index in [4.69, 9.17) is 0 Å². The molecule has 0 fully saturated rings. The average molecular weight is 481 g/mol. The highest BCUT2D eigenvalue weighted by Crippen LogP contribution is 2.34. The van der Waals surface area contributed by atoms with Gasteiger partial charge in [-0.25, -0.2) is 12.4 Å². The molecule has 28 heavy (non-hydrogen) atoms. The van der Waals surface area contributed by atoms with Gasteiger partial charge < -0.3 is 4.90 Å². The summed E-state index contributed by atoms with van der Waals surface area (Å²) in [5.41, 5.74) is 1.82. The Kier molecular flexibility index (Phi) is 6.59. The number of thioether (sulfide) groups is 1. The van der Waals surface area contributed by atoms with Gasteiger partial charge in [-0.05, 0) is 55.9 Å². The first-order chi connectivity index (χ1) is 13.2. The summed E-state index contributed by atoms with van der Waals surface area (Å²) in [5.74, 6) is 1.25. The van der Waals surface area contributed by atoms with E-state index in [1.54, 1.807) is 30.1 Å². The second-order valence-electron chi connectivity index (χ2n) is 7.33. The highest BCUT2D eigenvalue weighted by atomic mass is 79.9. The smallest absolute Gasteiger partial charge is 0.268 e. The first-order valence-corrected chi connectivity index (χ1v) is 12.4. The van der Waals surface area contributed by atoms with Crippen molar-refractivity contribution < 1.29 is 8.42 Å². The topological polar surface area (TPSA) is 42.3 Å². The average Bonchev–Trinajstić information content (AvgIpc) is 3.00. The SMILES string of the molecule is CC(C)c1ccc(S(=O)(=O)n2cc(SCCN(C)C)c3cc(Br)ccc32)cc1. The molecule has 3 rings (SSSR count). The van der Waals surface area contributed by atoms with Crippen molar-refractivity contribution in [3.63, 3.8) is 0 Å². The number of hydrogen-bond donors (Lipinski definition) is 0. The van der Waals surface area contributed by atoms with Crippen molar-refractivity contribution in [2.75, 3.05) is 26.4 Å². The molecule has 1 heterocycles. The highest BCUT2D eigenvalue weighted by Gasteiger charge is 2.22. The zero-order valence-electron chi connectivity index (χ0n) is 16.5. The molecule has 1 aromatic heterocycles. The van der Waals surface area contributed by atoms with Gasteiger partial charge >= 0.3 is 0 Å². The van der Waals surface area contributed by atoms with Crippen LogP contribution in [0.4, 0.5) is 0 Å². The van der Waals surface area contributed by atoms with E-state index in [1.807, 2.05) is 44.4 Å². The number of nitrogens with zero attached hydrogens (tertiary/aromatic N) is 2. The normalized spacial score (nSPS) is 12.4. The van der Waals surface area contributed by atoms with Crippen LogP contribution in [0.3, 0.4) is 0 Å². The molecule has 0 saturated carbocycles. The molecule has 0 unspecified atom stereocenters. The van der Waals surface area contributed by atoms with Gasteiger partial charge in [0.2, 0.25) is 0 Å². The molecule has 0 spiro atoms. The monoisotopic (exact) mass is 480 g/mol. The van der Waals surface area contributed by atoms with Crippen LogP contribution in [0.15, 0.2) is 62.9 Å². The molecule has 2 aromatic carbocycles. The van der Waals surface area contributed by atoms with Gasteiger partial charge in [-0.15, -0.1) is 11.8 Å². The third-order valence-corrected chi connectivity index (χ3v) is 7.80. The first kappa shape index (κ1) is 21.4. The maximum Gasteiger partial charge on any atom is 0.268 e. The number of aromatic nitrogens is 1. The molecule has 7 heteroatoms. The van der Waals surface area contributed by atoms with Crippen LogP contribution in [0.25, 0.3) is 10.9 Å². The predicted molar refractivity (Wildman–Crippen MR) is 122 cm³/mol. The molecule has 0 saturated heterocycles. The van der Waals surface area contributed by atoms with E-state index in [0.29, 0.717) is 16.3 Å². The Morgan fingerprint density at radius 2 is 1.79 bits per heavy atom. The van der Waals surface area contributed by atoms with Crippen LogP contribution in [-0.2, 0) is 10.0 Å². The Morgan fingerprint density at radius 3 is 2.39 bits per heavy atom. The molecule has 0 atom stereocenters. The Balaban J connectivity index is 2.06. The van der Waals surface area contributed by atoms with Crippen molar-refractivity contribution in [1.29, 1.82) is 0 Å². The van der Waals surface area contributed by atoms with Crippen molar-refractivity contribution >= 4 is 48.6 Å². The minimum absolute atomic E-state index is 0.307. The molecule has 3 aromatic rings. The number of hydrogen-bond acceptors (Lipinski definition) is 4. The lowest BCUT2D eigenvalue weighted by Crippen LogP contribution is -2.14. The molecule has 0 N–H and O–H groups in total. The fourth-order valence-electron chi connectivity index (χ4n) is 2.93. The van der Waals surface area contributed by atoms with Crippen molar-refractivity contribution in [2.45, 2.75) is 29.6 Å². The van der Waals surface area contributed by atoms with E-state index in [2.05, 4.69) is 34.7 Å². The largest absolute Gasteiger partial charge is 0.309 e. The molecule has 0 amide bonds. The molecule has 0 aliphatic carbocycles. The minimum Gasteiger partial charge on any atom is -0.309 e. The van der Waals surface area contributed by atoms with Gasteiger partial charge in [-0.1, -0.05) is 41.9 Å². The molecule has 4 nitrogen and oxygen atoms in total. The van der Waals surface area contributed by atoms with Crippen LogP contribution in [0, 0.1) is 0 Å². The Morgan fingerprint density at radius 1 is 1.11 bits per heavy atom. The summed E-state index contributed by atoms with van der Waals surface area (Å²) in [6.07, 6.45) is 1.75. The van der Waals surface area contributed by atoms with Crippen molar-refractivity contribution in [2.24, 2.45) is 0 Å². The Labute approximate surface area is 180 Å². The fraction of sp³-hybridized carbons (Fsp3) is 0.333. The van der Waals surface area contributed by atoms with Crippen molar-refractivity contribution in [3.05, 3.63) is 58.7 Å². The summed E-state index contributed by atoms with van der Waals surface area (Å²) >= 11 is 5.19. The molecule has 150 valence electrons. The van der Waals surface area contributed by atoms with Gasteiger partial charge in [-0.2, -0.15) is 0 Å². The maximum atomic E-state index is 13.3. The third-order valence-electron chi connectivity index (χ3n) is 4.60. The number of benzene rings is 2. The Hall–Kier alpha value is -1.28. The summed E-state index contributed by atoms with van der Waals surface area (Å²) in [6, 6.07) is 12.9. The summed E-state index contributed by atoms with van der Waals surface area (Å²) in [6.45, 7) is 5.12. The van der Waals surface area contributed by atoms with Gasteiger partial charge in [0.25, 0.3) is 10.0 Å². The van der Waals surface area contributed by atoms with Crippen LogP contribution in [0.1, 0.15) is 25.3 Å². The minimum atomic E-state index is -3.66. The van der Waals surface area contributed by atoms with Crippen LogP contribution < -0.4 is 0 Å². The van der Waals surface area contributed by atoms with Crippen LogP contribution in [0.5, 0.6) is 0 Å². The molecule has 0 bridgehead atoms. The maximum absolute atomic E-state index is 13.3. The molecule has 0 radical (unpaired) electrons. The number of fused-ring (bicyclic) bond motifs is 1. The summed E-state index contributed by atoms with van der Waals surface area (Å²) < 4.78 is 29.0. The second-order valence-corrected chi connectivity index (χ2v) is 11.2. The Bertz CT molecular complexity index is 1070. The van der Waals surface area contributed by atoms with E-state index in [0.717, 1.165) is 32.6 Å². The van der Waals surface area contributed by atoms with Crippen LogP contribution >= 0.6 is 27.7 Å². The second kappa shape index (κ2) is 8.61. The summed E-state index contributed by atoms with van der Waals surface area (Å²) in [5, 5.41) is 0.945. The number of halogens is 1. The van der Waals surface area contributed by atoms with E-state index >= 15 is 0 Å². The van der Waals surface area contributed by atoms with Gasteiger partial charge in [-0.3, -0.25) is 0 Å². The standard InChI is InChI=1S/C21H25BrN2O2S2/c1-15(2)16-5-8-18(9-6-16)28(25,26)24-14-21(27-12-11-23(3)4)19-13-17(22)7-10-20(19)24/h5-10,13-15H,11-12H2,1-4H3. The van der Waals surface area contributed by atoms with E-state index in [1.165, 1.54) is 3.97 Å². The zero-order valence-corrected chi connectivity index (χ0v) is 19.7. The number of rotatable bonds is 7. The van der Waals surface area contributed by atoms with Gasteiger partial charge in [0.1, 0.15) is 0 Å². The lowest BCUT2D eigenvalue weighted by atomic mass is 10.0. The lowest BCUT2D eigenvalue weighted by molar-refractivity contribution is 0.437. The molecule has 0 aliphatic rings. The predicted octanol–water partition coefficient (Wildman–Crippen LogP) is 5.42. The van der Waals surface area contributed by atoms with Gasteiger partial charge in [0, 0.05) is 33.2 Å². The van der Waals surface area contributed by atoms with Crippen molar-refractivity contribution in [1.82, 2.24) is 8.87 Å². The van der Waals surface area contributed by atoms with Crippen LogP contribution in [-0.4, -0.2) is 43.7 Å². The van der Waals surface area contributed by atoms with Crippen molar-refractivity contribution in [3.8, 4) is 0 Å². The highest BCUT2D eigenvalue weighted by molar-refractivity contribution is 9.10. The third kappa shape index (κ3) is 4.48. The van der Waals surface area contributed by atoms with Gasteiger partial charge in [0.15, 0.2) is 0 Å². The lowest BCUT2D eigenvalue weighted by Gasteiger charge is -2.10. The zero-order chi connectivity index (χ0) is 20.5. The van der Waals surface area contributed by atoms with E-state index < -0.39 is 10.0 Å². The van der Waals surface area contributed by atoms with Crippen LogP contribution in [0.2, 0.25) is 0 Å². The molecular weight excluding hydrogens is 456 g/mol. The van der Waals surface area contributed by atoms with Gasteiger partial charge in [0.05, 0.1) is 10.4 Å². The molecular formula is C21H25BrN2O2S2. The first-order valence-electron chi connectivity index (χ1n) is 9.14. The quantitative estimate of drug-likeness (QED) is 0.423. The van der Waals surface area contributed by atoms with E-state index in [-0.39, 0.29) is 0 Å². The fourth-order valence-corrected chi connectivity index (χ4v) is 5.91. The molecule has 0 aliphatic heterocycles. The summed E-state index contributed by atoms with van der Waals surface area (Å²) in [7, 11) is 0.403.